The van der Waals surface area contributed by atoms with Gasteiger partial charge in [-0.05, 0) is 37.9 Å². The summed E-state index contributed by atoms with van der Waals surface area (Å²) in [6.07, 6.45) is 5.30. The normalized spacial score (nSPS) is 10.3. The lowest BCUT2D eigenvalue weighted by Gasteiger charge is -2.05. The number of halogens is 2. The van der Waals surface area contributed by atoms with Crippen molar-refractivity contribution in [2.45, 2.75) is 6.54 Å². The Balaban J connectivity index is 2.05. The highest BCUT2D eigenvalue weighted by Crippen LogP contribution is 2.20. The van der Waals surface area contributed by atoms with Crippen molar-refractivity contribution in [2.75, 3.05) is 5.32 Å². The zero-order chi connectivity index (χ0) is 10.7. The molecule has 0 amide bonds. The molecular formula is C9H8Br2N4. The Hall–Kier alpha value is -0.880. The SMILES string of the molecule is Brc1cnc(CNc2cn[nH]c2)c(Br)c1. The minimum atomic E-state index is 0.660. The molecule has 2 rings (SSSR count). The molecule has 0 radical (unpaired) electrons. The van der Waals surface area contributed by atoms with Gasteiger partial charge in [0.2, 0.25) is 0 Å². The smallest absolute Gasteiger partial charge is 0.0737 e. The lowest BCUT2D eigenvalue weighted by Crippen LogP contribution is -2.01. The molecule has 0 saturated heterocycles. The first-order valence-corrected chi connectivity index (χ1v) is 5.87. The van der Waals surface area contributed by atoms with Crippen molar-refractivity contribution in [3.05, 3.63) is 39.3 Å². The molecule has 0 spiro atoms. The fraction of sp³-hybridized carbons (Fsp3) is 0.111. The summed E-state index contributed by atoms with van der Waals surface area (Å²) in [7, 11) is 0. The molecule has 6 heteroatoms. The van der Waals surface area contributed by atoms with Crippen LogP contribution in [0.4, 0.5) is 5.69 Å². The standard InChI is InChI=1S/C9H8Br2N4/c10-6-1-8(11)9(13-2-6)5-12-7-3-14-15-4-7/h1-4,12H,5H2,(H,14,15). The van der Waals surface area contributed by atoms with Gasteiger partial charge >= 0.3 is 0 Å². The van der Waals surface area contributed by atoms with Gasteiger partial charge in [-0.3, -0.25) is 10.1 Å². The van der Waals surface area contributed by atoms with Crippen LogP contribution in [0.25, 0.3) is 0 Å². The molecule has 0 aromatic carbocycles. The Morgan fingerprint density at radius 1 is 1.33 bits per heavy atom. The van der Waals surface area contributed by atoms with E-state index in [-0.39, 0.29) is 0 Å². The Labute approximate surface area is 104 Å². The highest BCUT2D eigenvalue weighted by Gasteiger charge is 2.02. The van der Waals surface area contributed by atoms with Crippen LogP contribution in [0.1, 0.15) is 5.69 Å². The predicted octanol–water partition coefficient (Wildman–Crippen LogP) is 2.94. The Morgan fingerprint density at radius 2 is 2.20 bits per heavy atom. The van der Waals surface area contributed by atoms with Gasteiger partial charge < -0.3 is 5.32 Å². The maximum atomic E-state index is 4.29. The van der Waals surface area contributed by atoms with E-state index in [9.17, 15) is 0 Å². The summed E-state index contributed by atoms with van der Waals surface area (Å²) in [5.41, 5.74) is 1.91. The molecule has 2 aromatic heterocycles. The van der Waals surface area contributed by atoms with Gasteiger partial charge in [0.05, 0.1) is 24.1 Å². The lowest BCUT2D eigenvalue weighted by molar-refractivity contribution is 1.03. The molecule has 15 heavy (non-hydrogen) atoms. The van der Waals surface area contributed by atoms with Crippen LogP contribution < -0.4 is 5.32 Å². The van der Waals surface area contributed by atoms with Crippen molar-refractivity contribution in [1.82, 2.24) is 15.2 Å². The number of hydrogen-bond donors (Lipinski definition) is 2. The number of nitrogens with one attached hydrogen (secondary N) is 2. The van der Waals surface area contributed by atoms with Crippen molar-refractivity contribution in [3.63, 3.8) is 0 Å². The molecule has 2 heterocycles. The zero-order valence-electron chi connectivity index (χ0n) is 7.67. The Morgan fingerprint density at radius 3 is 2.87 bits per heavy atom. The quantitative estimate of drug-likeness (QED) is 0.909. The van der Waals surface area contributed by atoms with Crippen LogP contribution >= 0.6 is 31.9 Å². The monoisotopic (exact) mass is 330 g/mol. The molecule has 0 fully saturated rings. The van der Waals surface area contributed by atoms with Crippen molar-refractivity contribution in [1.29, 1.82) is 0 Å². The van der Waals surface area contributed by atoms with E-state index < -0.39 is 0 Å². The lowest BCUT2D eigenvalue weighted by atomic mass is 10.3. The average molecular weight is 332 g/mol. The first-order chi connectivity index (χ1) is 7.25. The number of aromatic amines is 1. The number of nitrogens with zero attached hydrogens (tertiary/aromatic N) is 2. The van der Waals surface area contributed by atoms with E-state index in [0.29, 0.717) is 6.54 Å². The van der Waals surface area contributed by atoms with Gasteiger partial charge in [0.1, 0.15) is 0 Å². The van der Waals surface area contributed by atoms with Crippen LogP contribution in [-0.2, 0) is 6.54 Å². The highest BCUT2D eigenvalue weighted by molar-refractivity contribution is 9.11. The minimum Gasteiger partial charge on any atom is -0.377 e. The zero-order valence-corrected chi connectivity index (χ0v) is 10.8. The fourth-order valence-corrected chi connectivity index (χ4v) is 2.23. The number of H-pyrrole nitrogens is 1. The molecule has 0 saturated carbocycles. The van der Waals surface area contributed by atoms with E-state index in [1.54, 1.807) is 18.6 Å². The molecule has 0 aliphatic carbocycles. The molecule has 4 nitrogen and oxygen atoms in total. The molecule has 0 unspecified atom stereocenters. The average Bonchev–Trinajstić information content (AvgIpc) is 2.69. The van der Waals surface area contributed by atoms with E-state index in [0.717, 1.165) is 20.3 Å². The van der Waals surface area contributed by atoms with Gasteiger partial charge in [-0.25, -0.2) is 0 Å². The summed E-state index contributed by atoms with van der Waals surface area (Å²) in [5, 5.41) is 9.78. The van der Waals surface area contributed by atoms with Crippen LogP contribution in [0.3, 0.4) is 0 Å². The van der Waals surface area contributed by atoms with Crippen LogP contribution in [-0.4, -0.2) is 15.2 Å². The maximum absolute atomic E-state index is 4.29. The molecule has 0 atom stereocenters. The molecule has 0 aliphatic rings. The largest absolute Gasteiger partial charge is 0.377 e. The topological polar surface area (TPSA) is 53.6 Å². The number of hydrogen-bond acceptors (Lipinski definition) is 3. The number of rotatable bonds is 3. The van der Waals surface area contributed by atoms with Crippen molar-refractivity contribution in [2.24, 2.45) is 0 Å². The Kier molecular flexibility index (Phi) is 3.37. The molecule has 2 aromatic rings. The predicted molar refractivity (Wildman–Crippen MR) is 65.6 cm³/mol. The van der Waals surface area contributed by atoms with Gasteiger partial charge in [0.25, 0.3) is 0 Å². The number of pyridine rings is 1. The molecule has 78 valence electrons. The summed E-state index contributed by atoms with van der Waals surface area (Å²) in [6.45, 7) is 0.660. The van der Waals surface area contributed by atoms with Crippen molar-refractivity contribution >= 4 is 37.5 Å². The summed E-state index contributed by atoms with van der Waals surface area (Å²) < 4.78 is 1.94. The van der Waals surface area contributed by atoms with Crippen LogP contribution in [0.2, 0.25) is 0 Å². The molecule has 0 bridgehead atoms. The molecule has 0 aliphatic heterocycles. The van der Waals surface area contributed by atoms with Crippen molar-refractivity contribution in [3.8, 4) is 0 Å². The fourth-order valence-electron chi connectivity index (χ4n) is 1.11. The maximum Gasteiger partial charge on any atom is 0.0737 e. The van der Waals surface area contributed by atoms with Gasteiger partial charge in [0, 0.05) is 21.3 Å². The third-order valence-corrected chi connectivity index (χ3v) is 2.96. The summed E-state index contributed by atoms with van der Waals surface area (Å²) in [5.74, 6) is 0. The van der Waals surface area contributed by atoms with E-state index >= 15 is 0 Å². The van der Waals surface area contributed by atoms with E-state index in [1.165, 1.54) is 0 Å². The summed E-state index contributed by atoms with van der Waals surface area (Å²) in [4.78, 5) is 4.29. The Bertz CT molecular complexity index is 441. The summed E-state index contributed by atoms with van der Waals surface area (Å²) in [6, 6.07) is 1.97. The first-order valence-electron chi connectivity index (χ1n) is 4.28. The van der Waals surface area contributed by atoms with Gasteiger partial charge in [-0.2, -0.15) is 5.10 Å². The number of anilines is 1. The molecular weight excluding hydrogens is 324 g/mol. The number of aromatic nitrogens is 3. The highest BCUT2D eigenvalue weighted by atomic mass is 79.9. The second kappa shape index (κ2) is 4.76. The summed E-state index contributed by atoms with van der Waals surface area (Å²) >= 11 is 6.81. The third-order valence-electron chi connectivity index (χ3n) is 1.84. The molecule has 2 N–H and O–H groups in total. The third kappa shape index (κ3) is 2.79. The van der Waals surface area contributed by atoms with Gasteiger partial charge in [-0.15, -0.1) is 0 Å². The van der Waals surface area contributed by atoms with Crippen LogP contribution in [0, 0.1) is 0 Å². The van der Waals surface area contributed by atoms with Gasteiger partial charge in [-0.1, -0.05) is 0 Å². The second-order valence-corrected chi connectivity index (χ2v) is 4.69. The van der Waals surface area contributed by atoms with E-state index in [1.807, 2.05) is 6.07 Å². The van der Waals surface area contributed by atoms with Crippen LogP contribution in [0.15, 0.2) is 33.6 Å². The van der Waals surface area contributed by atoms with Gasteiger partial charge in [0.15, 0.2) is 0 Å². The second-order valence-electron chi connectivity index (χ2n) is 2.92. The van der Waals surface area contributed by atoms with Crippen molar-refractivity contribution < 1.29 is 0 Å². The first kappa shape index (κ1) is 10.6. The minimum absolute atomic E-state index is 0.660. The van der Waals surface area contributed by atoms with E-state index in [2.05, 4.69) is 52.4 Å². The van der Waals surface area contributed by atoms with Crippen LogP contribution in [0.5, 0.6) is 0 Å². The van der Waals surface area contributed by atoms with E-state index in [4.69, 9.17) is 0 Å².